The van der Waals surface area contributed by atoms with Gasteiger partial charge in [-0.25, -0.2) is 4.79 Å². The summed E-state index contributed by atoms with van der Waals surface area (Å²) in [6, 6.07) is 19.4. The number of benzene rings is 2. The molecule has 0 atom stereocenters. The maximum atomic E-state index is 12.1. The zero-order valence-corrected chi connectivity index (χ0v) is 14.7. The highest BCUT2D eigenvalue weighted by atomic mass is 127. The van der Waals surface area contributed by atoms with E-state index in [0.717, 1.165) is 10.8 Å². The van der Waals surface area contributed by atoms with Crippen molar-refractivity contribution in [2.24, 2.45) is 0 Å². The highest BCUT2D eigenvalue weighted by molar-refractivity contribution is 14.1. The average molecular weight is 406 g/mol. The van der Waals surface area contributed by atoms with E-state index in [2.05, 4.69) is 41.6 Å². The first kappa shape index (κ1) is 16.7. The standard InChI is InChI=1S/C19H19IO2/c1-2-15(18(13-20)16-9-5-3-6-10-16)14-22-19(21)17-11-7-4-8-12-17/h3-12H,2,13-14H2,1H3. The Balaban J connectivity index is 2.14. The first-order valence-electron chi connectivity index (χ1n) is 7.30. The van der Waals surface area contributed by atoms with Gasteiger partial charge in [-0.1, -0.05) is 78.0 Å². The normalized spacial score (nSPS) is 11.7. The number of rotatable bonds is 6. The van der Waals surface area contributed by atoms with E-state index in [4.69, 9.17) is 4.74 Å². The predicted molar refractivity (Wildman–Crippen MR) is 99.3 cm³/mol. The highest BCUT2D eigenvalue weighted by Gasteiger charge is 2.11. The van der Waals surface area contributed by atoms with Gasteiger partial charge in [0, 0.05) is 4.43 Å². The minimum Gasteiger partial charge on any atom is -0.458 e. The maximum absolute atomic E-state index is 12.1. The molecule has 2 nitrogen and oxygen atoms in total. The van der Waals surface area contributed by atoms with Crippen LogP contribution in [0.4, 0.5) is 0 Å². The molecule has 0 fully saturated rings. The van der Waals surface area contributed by atoms with Gasteiger partial charge in [-0.05, 0) is 35.3 Å². The largest absolute Gasteiger partial charge is 0.458 e. The van der Waals surface area contributed by atoms with Crippen LogP contribution >= 0.6 is 22.6 Å². The van der Waals surface area contributed by atoms with E-state index < -0.39 is 0 Å². The lowest BCUT2D eigenvalue weighted by Gasteiger charge is -2.13. The van der Waals surface area contributed by atoms with Crippen LogP contribution in [0.1, 0.15) is 29.3 Å². The molecule has 0 bridgehead atoms. The third kappa shape index (κ3) is 4.44. The summed E-state index contributed by atoms with van der Waals surface area (Å²) in [6.07, 6.45) is 0.870. The molecule has 0 aromatic heterocycles. The van der Waals surface area contributed by atoms with Crippen LogP contribution in [0.3, 0.4) is 0 Å². The number of hydrogen-bond donors (Lipinski definition) is 0. The lowest BCUT2D eigenvalue weighted by Crippen LogP contribution is -2.09. The number of alkyl halides is 1. The van der Waals surface area contributed by atoms with Crippen LogP contribution in [0, 0.1) is 0 Å². The van der Waals surface area contributed by atoms with Gasteiger partial charge in [0.05, 0.1) is 5.56 Å². The molecule has 0 radical (unpaired) electrons. The van der Waals surface area contributed by atoms with Crippen LogP contribution < -0.4 is 0 Å². The molecule has 0 unspecified atom stereocenters. The minimum absolute atomic E-state index is 0.271. The van der Waals surface area contributed by atoms with Crippen LogP contribution in [0.2, 0.25) is 0 Å². The molecular weight excluding hydrogens is 387 g/mol. The lowest BCUT2D eigenvalue weighted by molar-refractivity contribution is 0.0538. The van der Waals surface area contributed by atoms with Crippen molar-refractivity contribution in [3.63, 3.8) is 0 Å². The molecule has 2 aromatic rings. The van der Waals surface area contributed by atoms with E-state index in [1.165, 1.54) is 16.7 Å². The maximum Gasteiger partial charge on any atom is 0.338 e. The number of carbonyl (C=O) groups excluding carboxylic acids is 1. The Morgan fingerprint density at radius 2 is 1.50 bits per heavy atom. The lowest BCUT2D eigenvalue weighted by atomic mass is 10.0. The SMILES string of the molecule is CCC(COC(=O)c1ccccc1)=C(CI)c1ccccc1. The average Bonchev–Trinajstić information content (AvgIpc) is 2.59. The van der Waals surface area contributed by atoms with Crippen molar-refractivity contribution in [2.45, 2.75) is 13.3 Å². The number of ether oxygens (including phenoxy) is 1. The smallest absolute Gasteiger partial charge is 0.338 e. The van der Waals surface area contributed by atoms with Crippen molar-refractivity contribution < 1.29 is 9.53 Å². The van der Waals surface area contributed by atoms with Crippen LogP contribution in [-0.4, -0.2) is 17.0 Å². The Hall–Kier alpha value is -1.62. The Morgan fingerprint density at radius 3 is 2.00 bits per heavy atom. The van der Waals surface area contributed by atoms with Gasteiger partial charge in [-0.3, -0.25) is 0 Å². The Bertz CT molecular complexity index is 633. The second-order valence-corrected chi connectivity index (χ2v) is 5.64. The third-order valence-corrected chi connectivity index (χ3v) is 4.26. The molecule has 2 aromatic carbocycles. The van der Waals surface area contributed by atoms with Gasteiger partial charge >= 0.3 is 5.97 Å². The molecule has 0 aliphatic rings. The van der Waals surface area contributed by atoms with Gasteiger partial charge < -0.3 is 4.74 Å². The molecule has 0 saturated heterocycles. The molecule has 0 amide bonds. The first-order chi connectivity index (χ1) is 10.8. The summed E-state index contributed by atoms with van der Waals surface area (Å²) in [5, 5.41) is 0. The van der Waals surface area contributed by atoms with Gasteiger partial charge in [0.25, 0.3) is 0 Å². The van der Waals surface area contributed by atoms with E-state index in [9.17, 15) is 4.79 Å². The van der Waals surface area contributed by atoms with Crippen molar-refractivity contribution in [1.29, 1.82) is 0 Å². The van der Waals surface area contributed by atoms with Gasteiger partial charge in [-0.2, -0.15) is 0 Å². The Morgan fingerprint density at radius 1 is 0.955 bits per heavy atom. The molecule has 3 heteroatoms. The molecule has 0 aliphatic heterocycles. The summed E-state index contributed by atoms with van der Waals surface area (Å²) in [4.78, 5) is 12.1. The van der Waals surface area contributed by atoms with Crippen molar-refractivity contribution in [3.05, 3.63) is 77.4 Å². The van der Waals surface area contributed by atoms with Crippen LogP contribution in [0.15, 0.2) is 66.2 Å². The number of allylic oxidation sites excluding steroid dienone is 1. The molecular formula is C19H19IO2. The first-order valence-corrected chi connectivity index (χ1v) is 8.83. The van der Waals surface area contributed by atoms with Crippen molar-refractivity contribution in [2.75, 3.05) is 11.0 Å². The summed E-state index contributed by atoms with van der Waals surface area (Å²) in [7, 11) is 0. The Labute approximate surface area is 145 Å². The molecule has 2 rings (SSSR count). The predicted octanol–water partition coefficient (Wildman–Crippen LogP) is 5.14. The number of esters is 1. The van der Waals surface area contributed by atoms with Crippen molar-refractivity contribution >= 4 is 34.1 Å². The summed E-state index contributed by atoms with van der Waals surface area (Å²) >= 11 is 2.36. The number of halogens is 1. The molecule has 0 spiro atoms. The van der Waals surface area contributed by atoms with Gasteiger partial charge in [0.2, 0.25) is 0 Å². The second-order valence-electron chi connectivity index (χ2n) is 4.88. The van der Waals surface area contributed by atoms with Gasteiger partial charge in [0.1, 0.15) is 6.61 Å². The summed E-state index contributed by atoms with van der Waals surface area (Å²) in [5.41, 5.74) is 4.22. The van der Waals surface area contributed by atoms with E-state index in [1.807, 2.05) is 36.4 Å². The highest BCUT2D eigenvalue weighted by Crippen LogP contribution is 2.23. The number of carbonyl (C=O) groups is 1. The molecule has 114 valence electrons. The molecule has 0 aliphatic carbocycles. The van der Waals surface area contributed by atoms with E-state index >= 15 is 0 Å². The van der Waals surface area contributed by atoms with Crippen LogP contribution in [0.5, 0.6) is 0 Å². The zero-order valence-electron chi connectivity index (χ0n) is 12.6. The second kappa shape index (κ2) is 8.73. The van der Waals surface area contributed by atoms with Crippen LogP contribution in [0.25, 0.3) is 5.57 Å². The van der Waals surface area contributed by atoms with E-state index in [-0.39, 0.29) is 5.97 Å². The Kier molecular flexibility index (Phi) is 6.65. The monoisotopic (exact) mass is 406 g/mol. The fourth-order valence-electron chi connectivity index (χ4n) is 2.23. The topological polar surface area (TPSA) is 26.3 Å². The fourth-order valence-corrected chi connectivity index (χ4v) is 3.21. The molecule has 0 N–H and O–H groups in total. The van der Waals surface area contributed by atoms with Crippen LogP contribution in [-0.2, 0) is 4.74 Å². The van der Waals surface area contributed by atoms with Crippen molar-refractivity contribution in [1.82, 2.24) is 0 Å². The number of hydrogen-bond acceptors (Lipinski definition) is 2. The van der Waals surface area contributed by atoms with Crippen molar-refractivity contribution in [3.8, 4) is 0 Å². The third-order valence-electron chi connectivity index (χ3n) is 3.50. The minimum atomic E-state index is -0.271. The zero-order chi connectivity index (χ0) is 15.8. The quantitative estimate of drug-likeness (QED) is 0.377. The molecule has 22 heavy (non-hydrogen) atoms. The van der Waals surface area contributed by atoms with E-state index in [1.54, 1.807) is 12.1 Å². The summed E-state index contributed by atoms with van der Waals surface area (Å²) in [6.45, 7) is 2.44. The van der Waals surface area contributed by atoms with Gasteiger partial charge in [-0.15, -0.1) is 0 Å². The fraction of sp³-hybridized carbons (Fsp3) is 0.211. The molecule has 0 saturated carbocycles. The molecule has 0 heterocycles. The summed E-state index contributed by atoms with van der Waals surface area (Å²) < 4.78 is 6.38. The van der Waals surface area contributed by atoms with Gasteiger partial charge in [0.15, 0.2) is 0 Å². The van der Waals surface area contributed by atoms with E-state index in [0.29, 0.717) is 12.2 Å². The summed E-state index contributed by atoms with van der Waals surface area (Å²) in [5.74, 6) is -0.271.